The lowest BCUT2D eigenvalue weighted by atomic mass is 10.2. The molecule has 1 heterocycles. The first-order chi connectivity index (χ1) is 6.74. The number of aliphatic hydroxyl groups excluding tert-OH is 1. The van der Waals surface area contributed by atoms with Crippen LogP contribution in [0.15, 0.2) is 0 Å². The molecule has 0 aromatic heterocycles. The molecule has 14 heavy (non-hydrogen) atoms. The highest BCUT2D eigenvalue weighted by molar-refractivity contribution is 4.74. The highest BCUT2D eigenvalue weighted by Crippen LogP contribution is 2.06. The monoisotopic (exact) mass is 202 g/mol. The largest absolute Gasteiger partial charge is 0.390 e. The van der Waals surface area contributed by atoms with Gasteiger partial charge in [0.2, 0.25) is 0 Å². The first kappa shape index (κ1) is 11.9. The van der Waals surface area contributed by atoms with Crippen LogP contribution < -0.4 is 5.32 Å². The first-order valence-electron chi connectivity index (χ1n) is 5.44. The molecule has 1 rings (SSSR count). The zero-order valence-electron chi connectivity index (χ0n) is 9.20. The van der Waals surface area contributed by atoms with Gasteiger partial charge in [0, 0.05) is 25.7 Å². The van der Waals surface area contributed by atoms with Gasteiger partial charge < -0.3 is 15.2 Å². The molecule has 1 fully saturated rings. The van der Waals surface area contributed by atoms with Crippen LogP contribution in [0.5, 0.6) is 0 Å². The van der Waals surface area contributed by atoms with Gasteiger partial charge in [-0.3, -0.25) is 4.90 Å². The molecule has 4 heteroatoms. The summed E-state index contributed by atoms with van der Waals surface area (Å²) in [6.07, 6.45) is -0.268. The van der Waals surface area contributed by atoms with Gasteiger partial charge >= 0.3 is 0 Å². The van der Waals surface area contributed by atoms with Crippen molar-refractivity contribution in [3.63, 3.8) is 0 Å². The average Bonchev–Trinajstić information content (AvgIpc) is 2.18. The number of nitrogens with zero attached hydrogens (tertiary/aromatic N) is 1. The minimum Gasteiger partial charge on any atom is -0.390 e. The Morgan fingerprint density at radius 3 is 3.07 bits per heavy atom. The van der Waals surface area contributed by atoms with E-state index in [1.807, 2.05) is 6.92 Å². The average molecular weight is 202 g/mol. The molecule has 0 spiro atoms. The lowest BCUT2D eigenvalue weighted by Gasteiger charge is -2.34. The second-order valence-electron chi connectivity index (χ2n) is 3.88. The van der Waals surface area contributed by atoms with Gasteiger partial charge in [0.1, 0.15) is 0 Å². The van der Waals surface area contributed by atoms with Crippen LogP contribution in [0.3, 0.4) is 0 Å². The van der Waals surface area contributed by atoms with Crippen molar-refractivity contribution in [2.45, 2.75) is 26.0 Å². The molecular formula is C10H22N2O2. The van der Waals surface area contributed by atoms with Crippen molar-refractivity contribution in [1.82, 2.24) is 10.2 Å². The Morgan fingerprint density at radius 2 is 2.43 bits per heavy atom. The molecule has 2 unspecified atom stereocenters. The lowest BCUT2D eigenvalue weighted by Crippen LogP contribution is -2.48. The van der Waals surface area contributed by atoms with Crippen LogP contribution in [0.2, 0.25) is 0 Å². The number of hydrogen-bond acceptors (Lipinski definition) is 4. The summed E-state index contributed by atoms with van der Waals surface area (Å²) < 4.78 is 5.34. The van der Waals surface area contributed by atoms with E-state index in [4.69, 9.17) is 4.74 Å². The summed E-state index contributed by atoms with van der Waals surface area (Å²) in [6, 6.07) is 0.431. The van der Waals surface area contributed by atoms with Crippen LogP contribution >= 0.6 is 0 Å². The predicted octanol–water partition coefficient (Wildman–Crippen LogP) is -0.322. The maximum atomic E-state index is 9.71. The quantitative estimate of drug-likeness (QED) is 0.641. The van der Waals surface area contributed by atoms with Gasteiger partial charge in [-0.1, -0.05) is 6.92 Å². The summed E-state index contributed by atoms with van der Waals surface area (Å²) in [6.45, 7) is 9.04. The highest BCUT2D eigenvalue weighted by Gasteiger charge is 2.20. The van der Waals surface area contributed by atoms with Gasteiger partial charge in [-0.15, -0.1) is 0 Å². The molecule has 1 aliphatic rings. The van der Waals surface area contributed by atoms with Crippen molar-refractivity contribution < 1.29 is 9.84 Å². The van der Waals surface area contributed by atoms with E-state index in [0.29, 0.717) is 12.6 Å². The lowest BCUT2D eigenvalue weighted by molar-refractivity contribution is -0.0194. The zero-order valence-corrected chi connectivity index (χ0v) is 9.20. The molecule has 0 aromatic carbocycles. The molecular weight excluding hydrogens is 180 g/mol. The third-order valence-electron chi connectivity index (χ3n) is 2.58. The predicted molar refractivity (Wildman–Crippen MR) is 56.4 cm³/mol. The molecule has 1 saturated heterocycles. The molecule has 2 atom stereocenters. The summed E-state index contributed by atoms with van der Waals surface area (Å²) in [4.78, 5) is 2.28. The van der Waals surface area contributed by atoms with E-state index in [0.717, 1.165) is 32.8 Å². The van der Waals surface area contributed by atoms with E-state index < -0.39 is 0 Å². The highest BCUT2D eigenvalue weighted by atomic mass is 16.5. The van der Waals surface area contributed by atoms with Crippen LogP contribution in [0.25, 0.3) is 0 Å². The minimum absolute atomic E-state index is 0.268. The molecule has 0 amide bonds. The van der Waals surface area contributed by atoms with Crippen molar-refractivity contribution in [3.05, 3.63) is 0 Å². The number of aliphatic hydroxyl groups is 1. The van der Waals surface area contributed by atoms with Crippen molar-refractivity contribution in [1.29, 1.82) is 0 Å². The standard InChI is InChI=1S/C10H22N2O2/c1-3-11-6-10(13)7-12-4-5-14-8-9(12)2/h9-11,13H,3-8H2,1-2H3. The number of rotatable bonds is 5. The van der Waals surface area contributed by atoms with E-state index in [9.17, 15) is 5.11 Å². The Bertz CT molecular complexity index is 155. The van der Waals surface area contributed by atoms with Crippen LogP contribution in [0.4, 0.5) is 0 Å². The zero-order chi connectivity index (χ0) is 10.4. The maximum absolute atomic E-state index is 9.71. The van der Waals surface area contributed by atoms with Crippen LogP contribution in [0, 0.1) is 0 Å². The summed E-state index contributed by atoms with van der Waals surface area (Å²) in [5, 5.41) is 12.8. The van der Waals surface area contributed by atoms with Gasteiger partial charge in [0.05, 0.1) is 19.3 Å². The number of likely N-dealkylation sites (N-methyl/N-ethyl adjacent to an activating group) is 1. The second-order valence-corrected chi connectivity index (χ2v) is 3.88. The first-order valence-corrected chi connectivity index (χ1v) is 5.44. The summed E-state index contributed by atoms with van der Waals surface area (Å²) in [5.74, 6) is 0. The fourth-order valence-corrected chi connectivity index (χ4v) is 1.68. The van der Waals surface area contributed by atoms with Crippen molar-refractivity contribution in [2.75, 3.05) is 39.4 Å². The van der Waals surface area contributed by atoms with Crippen molar-refractivity contribution >= 4 is 0 Å². The Kier molecular flexibility index (Phi) is 5.40. The number of nitrogens with one attached hydrogen (secondary N) is 1. The normalized spacial score (nSPS) is 26.4. The molecule has 2 N–H and O–H groups in total. The van der Waals surface area contributed by atoms with Crippen LogP contribution in [0.1, 0.15) is 13.8 Å². The number of morpholine rings is 1. The van der Waals surface area contributed by atoms with Crippen molar-refractivity contribution in [2.24, 2.45) is 0 Å². The van der Waals surface area contributed by atoms with Gasteiger partial charge in [-0.05, 0) is 13.5 Å². The van der Waals surface area contributed by atoms with E-state index >= 15 is 0 Å². The Hall–Kier alpha value is -0.160. The third kappa shape index (κ3) is 3.92. The Morgan fingerprint density at radius 1 is 1.64 bits per heavy atom. The van der Waals surface area contributed by atoms with Gasteiger partial charge in [-0.25, -0.2) is 0 Å². The molecule has 84 valence electrons. The Labute approximate surface area is 86.2 Å². The van der Waals surface area contributed by atoms with Crippen LogP contribution in [-0.2, 0) is 4.74 Å². The van der Waals surface area contributed by atoms with Gasteiger partial charge in [-0.2, -0.15) is 0 Å². The molecule has 0 radical (unpaired) electrons. The molecule has 1 aliphatic heterocycles. The van der Waals surface area contributed by atoms with Gasteiger partial charge in [0.25, 0.3) is 0 Å². The molecule has 0 saturated carbocycles. The maximum Gasteiger partial charge on any atom is 0.0791 e. The molecule has 0 bridgehead atoms. The topological polar surface area (TPSA) is 44.7 Å². The summed E-state index contributed by atoms with van der Waals surface area (Å²) >= 11 is 0. The SMILES string of the molecule is CCNCC(O)CN1CCOCC1C. The van der Waals surface area contributed by atoms with E-state index in [-0.39, 0.29) is 6.10 Å². The molecule has 0 aromatic rings. The fourth-order valence-electron chi connectivity index (χ4n) is 1.68. The van der Waals surface area contributed by atoms with Gasteiger partial charge in [0.15, 0.2) is 0 Å². The fraction of sp³-hybridized carbons (Fsp3) is 1.00. The van der Waals surface area contributed by atoms with Crippen LogP contribution in [-0.4, -0.2) is 61.5 Å². The second kappa shape index (κ2) is 6.35. The summed E-state index contributed by atoms with van der Waals surface area (Å²) in [7, 11) is 0. The number of ether oxygens (including phenoxy) is 1. The smallest absolute Gasteiger partial charge is 0.0791 e. The van der Waals surface area contributed by atoms with E-state index in [1.54, 1.807) is 0 Å². The van der Waals surface area contributed by atoms with E-state index in [1.165, 1.54) is 0 Å². The number of hydrogen-bond donors (Lipinski definition) is 2. The number of β-amino-alcohol motifs (C(OH)–C–C–N with tert-alkyl or cyclic N) is 1. The Balaban J connectivity index is 2.20. The molecule has 0 aliphatic carbocycles. The minimum atomic E-state index is -0.268. The van der Waals surface area contributed by atoms with E-state index in [2.05, 4.69) is 17.1 Å². The molecule has 4 nitrogen and oxygen atoms in total. The third-order valence-corrected chi connectivity index (χ3v) is 2.58. The summed E-state index contributed by atoms with van der Waals surface area (Å²) in [5.41, 5.74) is 0. The van der Waals surface area contributed by atoms with Crippen molar-refractivity contribution in [3.8, 4) is 0 Å².